The number of aliphatic imine (C=N–C) groups is 1. The lowest BCUT2D eigenvalue weighted by Gasteiger charge is -2.06. The van der Waals surface area contributed by atoms with Crippen LogP contribution in [0, 0.1) is 0 Å². The SMILES string of the molecule is CN(C)CC1=CS(=O)(=O)C=N1. The van der Waals surface area contributed by atoms with E-state index in [1.165, 1.54) is 5.41 Å². The molecule has 0 aromatic heterocycles. The van der Waals surface area contributed by atoms with Gasteiger partial charge in [0.2, 0.25) is 9.84 Å². The van der Waals surface area contributed by atoms with Crippen molar-refractivity contribution in [3.8, 4) is 0 Å². The van der Waals surface area contributed by atoms with E-state index in [-0.39, 0.29) is 0 Å². The van der Waals surface area contributed by atoms with Crippen LogP contribution in [0.3, 0.4) is 0 Å². The molecule has 0 saturated heterocycles. The molecule has 0 radical (unpaired) electrons. The number of sulfone groups is 1. The molecule has 0 fully saturated rings. The summed E-state index contributed by atoms with van der Waals surface area (Å²) in [6.45, 7) is 0.565. The van der Waals surface area contributed by atoms with Crippen LogP contribution in [0.15, 0.2) is 16.1 Å². The van der Waals surface area contributed by atoms with Crippen LogP contribution in [0.5, 0.6) is 0 Å². The van der Waals surface area contributed by atoms with Gasteiger partial charge in [0, 0.05) is 6.54 Å². The number of hydrogen-bond donors (Lipinski definition) is 0. The van der Waals surface area contributed by atoms with Gasteiger partial charge in [-0.2, -0.15) is 0 Å². The summed E-state index contributed by atoms with van der Waals surface area (Å²) in [6, 6.07) is 0. The lowest BCUT2D eigenvalue weighted by Crippen LogP contribution is -2.13. The van der Waals surface area contributed by atoms with E-state index in [1.807, 2.05) is 19.0 Å². The maximum Gasteiger partial charge on any atom is 0.211 e. The number of nitrogens with zero attached hydrogens (tertiary/aromatic N) is 2. The Morgan fingerprint density at radius 1 is 1.55 bits per heavy atom. The average Bonchev–Trinajstić information content (AvgIpc) is 2.08. The Balaban J connectivity index is 2.74. The van der Waals surface area contributed by atoms with Crippen molar-refractivity contribution >= 4 is 15.4 Å². The van der Waals surface area contributed by atoms with Gasteiger partial charge in [-0.05, 0) is 14.1 Å². The second-order valence-electron chi connectivity index (χ2n) is 2.67. The topological polar surface area (TPSA) is 49.7 Å². The van der Waals surface area contributed by atoms with Crippen molar-refractivity contribution in [2.24, 2.45) is 4.99 Å². The van der Waals surface area contributed by atoms with Gasteiger partial charge in [-0.25, -0.2) is 13.4 Å². The van der Waals surface area contributed by atoms with Crippen LogP contribution in [0.25, 0.3) is 0 Å². The molecule has 0 amide bonds. The lowest BCUT2D eigenvalue weighted by atomic mass is 10.5. The van der Waals surface area contributed by atoms with Crippen LogP contribution in [0.2, 0.25) is 0 Å². The van der Waals surface area contributed by atoms with Crippen LogP contribution in [-0.4, -0.2) is 39.5 Å². The summed E-state index contributed by atoms with van der Waals surface area (Å²) >= 11 is 0. The summed E-state index contributed by atoms with van der Waals surface area (Å²) < 4.78 is 21.6. The number of rotatable bonds is 2. The van der Waals surface area contributed by atoms with E-state index < -0.39 is 9.84 Å². The van der Waals surface area contributed by atoms with E-state index in [2.05, 4.69) is 4.99 Å². The summed E-state index contributed by atoms with van der Waals surface area (Å²) in [4.78, 5) is 5.60. The van der Waals surface area contributed by atoms with Crippen molar-refractivity contribution in [3.63, 3.8) is 0 Å². The Bertz CT molecular complexity index is 301. The zero-order valence-electron chi connectivity index (χ0n) is 6.48. The van der Waals surface area contributed by atoms with Crippen LogP contribution in [0.1, 0.15) is 0 Å². The molecule has 0 aromatic carbocycles. The minimum atomic E-state index is -3.12. The van der Waals surface area contributed by atoms with Gasteiger partial charge >= 0.3 is 0 Å². The fourth-order valence-corrected chi connectivity index (χ4v) is 1.65. The van der Waals surface area contributed by atoms with Crippen LogP contribution < -0.4 is 0 Å². The first-order valence-corrected chi connectivity index (χ1v) is 4.75. The molecule has 1 aliphatic rings. The number of likely N-dealkylation sites (N-methyl/N-ethyl adjacent to an activating group) is 1. The molecule has 11 heavy (non-hydrogen) atoms. The molecule has 0 spiro atoms. The third kappa shape index (κ3) is 2.44. The minimum Gasteiger partial charge on any atom is -0.304 e. The first kappa shape index (κ1) is 8.42. The standard InChI is InChI=1S/C6H10N2O2S/c1-8(2)3-6-4-11(9,10)5-7-6/h4-5H,3H2,1-2H3. The van der Waals surface area contributed by atoms with E-state index in [4.69, 9.17) is 0 Å². The molecule has 0 atom stereocenters. The summed E-state index contributed by atoms with van der Waals surface area (Å²) in [5.74, 6) is 0. The number of hydrogen-bond acceptors (Lipinski definition) is 4. The Hall–Kier alpha value is -0.680. The molecule has 0 saturated carbocycles. The van der Waals surface area contributed by atoms with Gasteiger partial charge in [-0.15, -0.1) is 0 Å². The van der Waals surface area contributed by atoms with Crippen molar-refractivity contribution in [2.45, 2.75) is 0 Å². The first-order valence-electron chi connectivity index (χ1n) is 3.14. The van der Waals surface area contributed by atoms with E-state index >= 15 is 0 Å². The van der Waals surface area contributed by atoms with Gasteiger partial charge in [0.05, 0.1) is 11.1 Å². The van der Waals surface area contributed by atoms with Crippen molar-refractivity contribution in [1.29, 1.82) is 0 Å². The Labute approximate surface area is 66.1 Å². The smallest absolute Gasteiger partial charge is 0.211 e. The van der Waals surface area contributed by atoms with Crippen LogP contribution >= 0.6 is 0 Å². The van der Waals surface area contributed by atoms with Crippen molar-refractivity contribution in [3.05, 3.63) is 11.1 Å². The van der Waals surface area contributed by atoms with E-state index in [9.17, 15) is 8.42 Å². The first-order chi connectivity index (χ1) is 4.99. The highest BCUT2D eigenvalue weighted by atomic mass is 32.2. The third-order valence-corrected chi connectivity index (χ3v) is 2.14. The maximum atomic E-state index is 10.8. The highest BCUT2D eigenvalue weighted by Gasteiger charge is 2.12. The van der Waals surface area contributed by atoms with E-state index in [1.54, 1.807) is 0 Å². The molecule has 1 heterocycles. The molecule has 4 nitrogen and oxygen atoms in total. The fraction of sp³-hybridized carbons (Fsp3) is 0.500. The van der Waals surface area contributed by atoms with Gasteiger partial charge in [0.15, 0.2) is 0 Å². The van der Waals surface area contributed by atoms with Crippen LogP contribution in [-0.2, 0) is 9.84 Å². The monoisotopic (exact) mass is 174 g/mol. The molecule has 62 valence electrons. The molecule has 0 aliphatic carbocycles. The second-order valence-corrected chi connectivity index (χ2v) is 4.30. The quantitative estimate of drug-likeness (QED) is 0.584. The highest BCUT2D eigenvalue weighted by Crippen LogP contribution is 2.08. The molecular formula is C6H10N2O2S. The summed E-state index contributed by atoms with van der Waals surface area (Å²) in [7, 11) is 0.603. The van der Waals surface area contributed by atoms with Crippen LogP contribution in [0.4, 0.5) is 0 Å². The predicted molar refractivity (Wildman–Crippen MR) is 44.0 cm³/mol. The Kier molecular flexibility index (Phi) is 2.10. The molecule has 1 rings (SSSR count). The normalized spacial score (nSPS) is 20.8. The molecule has 0 aromatic rings. The Morgan fingerprint density at radius 2 is 2.18 bits per heavy atom. The maximum absolute atomic E-state index is 10.8. The zero-order valence-corrected chi connectivity index (χ0v) is 7.30. The molecule has 0 bridgehead atoms. The van der Waals surface area contributed by atoms with Gasteiger partial charge in [-0.1, -0.05) is 0 Å². The molecule has 5 heteroatoms. The predicted octanol–water partition coefficient (Wildman–Crippen LogP) is -0.154. The van der Waals surface area contributed by atoms with E-state index in [0.717, 1.165) is 5.55 Å². The molecule has 1 aliphatic heterocycles. The minimum absolute atomic E-state index is 0.565. The van der Waals surface area contributed by atoms with E-state index in [0.29, 0.717) is 12.2 Å². The highest BCUT2D eigenvalue weighted by molar-refractivity contribution is 8.07. The van der Waals surface area contributed by atoms with Gasteiger partial charge in [0.25, 0.3) is 0 Å². The molecule has 0 unspecified atom stereocenters. The summed E-state index contributed by atoms with van der Waals surface area (Å²) in [6.07, 6.45) is 0. The lowest BCUT2D eigenvalue weighted by molar-refractivity contribution is 0.444. The summed E-state index contributed by atoms with van der Waals surface area (Å²) in [5, 5.41) is 1.19. The van der Waals surface area contributed by atoms with Crippen molar-refractivity contribution < 1.29 is 8.42 Å². The van der Waals surface area contributed by atoms with Gasteiger partial charge in [0.1, 0.15) is 5.55 Å². The molecular weight excluding hydrogens is 164 g/mol. The molecule has 0 N–H and O–H groups in total. The zero-order chi connectivity index (χ0) is 8.48. The summed E-state index contributed by atoms with van der Waals surface area (Å²) in [5.41, 5.74) is 1.57. The van der Waals surface area contributed by atoms with Crippen molar-refractivity contribution in [2.75, 3.05) is 20.6 Å². The average molecular weight is 174 g/mol. The van der Waals surface area contributed by atoms with Crippen molar-refractivity contribution in [1.82, 2.24) is 4.90 Å². The van der Waals surface area contributed by atoms with Gasteiger partial charge in [-0.3, -0.25) is 0 Å². The fourth-order valence-electron chi connectivity index (χ4n) is 0.794. The largest absolute Gasteiger partial charge is 0.304 e. The second kappa shape index (κ2) is 2.75. The third-order valence-electron chi connectivity index (χ3n) is 1.14. The Morgan fingerprint density at radius 3 is 2.55 bits per heavy atom. The van der Waals surface area contributed by atoms with Gasteiger partial charge < -0.3 is 4.90 Å².